The number of benzene rings is 4. The van der Waals surface area contributed by atoms with Crippen molar-refractivity contribution < 1.29 is 55.0 Å². The van der Waals surface area contributed by atoms with Gasteiger partial charge in [-0.25, -0.2) is 0 Å². The lowest BCUT2D eigenvalue weighted by molar-refractivity contribution is -0.384. The SMILES string of the molecule is CS(=O)(=O)O.CS(=O)(=O)O.C[C@H](CNCCNC[C@@H](C)N1C(=O)c2cc([N+](=O)[O-])cc3c2c(cc2cccnc23)C1=O)N1C(=O)c2cccc3cc([N+](=O)[O-])cc(c23)C1=O. The fraction of sp³-hybridized carbons (Fsp3) is 0.270. The van der Waals surface area contributed by atoms with Gasteiger partial charge in [0.25, 0.3) is 55.2 Å². The van der Waals surface area contributed by atoms with Crippen molar-refractivity contribution in [2.75, 3.05) is 38.7 Å². The van der Waals surface area contributed by atoms with Crippen LogP contribution in [0.1, 0.15) is 55.3 Å². The van der Waals surface area contributed by atoms with Crippen molar-refractivity contribution >= 4 is 87.7 Å². The van der Waals surface area contributed by atoms with E-state index >= 15 is 0 Å². The Morgan fingerprint density at radius 2 is 1.08 bits per heavy atom. The molecule has 3 heterocycles. The molecule has 0 aliphatic carbocycles. The number of imide groups is 2. The number of carbonyl (C=O) groups excluding carboxylic acids is 4. The Labute approximate surface area is 341 Å². The van der Waals surface area contributed by atoms with E-state index in [1.54, 1.807) is 56.4 Å². The first-order valence-electron chi connectivity index (χ1n) is 17.7. The molecule has 0 radical (unpaired) electrons. The van der Waals surface area contributed by atoms with E-state index in [4.69, 9.17) is 9.11 Å². The summed E-state index contributed by atoms with van der Waals surface area (Å²) in [6, 6.07) is 13.9. The van der Waals surface area contributed by atoms with E-state index in [0.29, 0.717) is 63.6 Å². The van der Waals surface area contributed by atoms with Crippen molar-refractivity contribution in [1.29, 1.82) is 0 Å². The molecule has 0 saturated carbocycles. The fourth-order valence-corrected chi connectivity index (χ4v) is 6.88. The molecule has 0 spiro atoms. The molecule has 0 unspecified atom stereocenters. The van der Waals surface area contributed by atoms with Crippen LogP contribution in [0, 0.1) is 20.2 Å². The summed E-state index contributed by atoms with van der Waals surface area (Å²) in [5.74, 6) is -2.23. The number of fused-ring (bicyclic) bond motifs is 2. The molecule has 60 heavy (non-hydrogen) atoms. The zero-order valence-electron chi connectivity index (χ0n) is 32.2. The first kappa shape index (κ1) is 44.7. The topological polar surface area (TPSA) is 307 Å². The van der Waals surface area contributed by atoms with Crippen molar-refractivity contribution in [3.05, 3.63) is 109 Å². The van der Waals surface area contributed by atoms with E-state index in [9.17, 15) is 56.2 Å². The molecular weight excluding hydrogens is 831 g/mol. The first-order chi connectivity index (χ1) is 28.0. The molecule has 2 aliphatic rings. The summed E-state index contributed by atoms with van der Waals surface area (Å²) in [7, 11) is -7.33. The van der Waals surface area contributed by atoms with Crippen molar-refractivity contribution in [2.45, 2.75) is 25.9 Å². The van der Waals surface area contributed by atoms with Gasteiger partial charge in [0.1, 0.15) is 0 Å². The normalized spacial score (nSPS) is 14.7. The Morgan fingerprint density at radius 3 is 1.58 bits per heavy atom. The van der Waals surface area contributed by atoms with Gasteiger partial charge < -0.3 is 10.6 Å². The largest absolute Gasteiger partial charge is 0.313 e. The second-order valence-corrected chi connectivity index (χ2v) is 16.8. The van der Waals surface area contributed by atoms with Crippen LogP contribution in [0.25, 0.3) is 32.4 Å². The second-order valence-electron chi connectivity index (χ2n) is 13.9. The molecule has 2 atom stereocenters. The number of non-ortho nitro benzene ring substituents is 2. The van der Waals surface area contributed by atoms with Crippen LogP contribution in [-0.4, -0.2) is 125 Å². The predicted molar refractivity (Wildman–Crippen MR) is 217 cm³/mol. The third-order valence-electron chi connectivity index (χ3n) is 9.21. The Kier molecular flexibility index (Phi) is 13.0. The standard InChI is InChI=1S/C35H29N7O8.2CH4O3S/c1-18(39-32(43)24-7-3-5-20-11-22(41(47)48)14-27(29(20)24)34(39)45)16-36-9-10-37-17-19(2)40-33(44)26-12-21-6-4-8-38-31(21)25-13-23(42(49)50)15-28(30(25)26)35(40)46;2*1-5(2,3)4/h3-8,11-15,18-19,36-37H,9-10,16-17H2,1-2H3;2*1H3,(H,2,3,4)/t18-,19-;;/m1../s1. The van der Waals surface area contributed by atoms with Gasteiger partial charge in [-0.05, 0) is 37.4 Å². The highest BCUT2D eigenvalue weighted by Gasteiger charge is 2.39. The molecule has 23 heteroatoms. The number of hydrogen-bond acceptors (Lipinski definition) is 15. The highest BCUT2D eigenvalue weighted by atomic mass is 32.2. The number of pyridine rings is 1. The third-order valence-corrected chi connectivity index (χ3v) is 9.21. The highest BCUT2D eigenvalue weighted by Crippen LogP contribution is 2.38. The predicted octanol–water partition coefficient (Wildman–Crippen LogP) is 3.21. The zero-order valence-corrected chi connectivity index (χ0v) is 33.8. The molecule has 7 rings (SSSR count). The lowest BCUT2D eigenvalue weighted by Crippen LogP contribution is -2.51. The maximum absolute atomic E-state index is 13.7. The molecule has 2 aliphatic heterocycles. The van der Waals surface area contributed by atoms with Gasteiger partial charge in [-0.2, -0.15) is 16.8 Å². The van der Waals surface area contributed by atoms with Crippen LogP contribution in [0.3, 0.4) is 0 Å². The maximum atomic E-state index is 13.7. The van der Waals surface area contributed by atoms with Gasteiger partial charge in [0.15, 0.2) is 0 Å². The summed E-state index contributed by atoms with van der Waals surface area (Å²) in [6.07, 6.45) is 2.98. The zero-order chi connectivity index (χ0) is 44.4. The number of nitro benzene ring substituents is 2. The van der Waals surface area contributed by atoms with Gasteiger partial charge in [-0.3, -0.25) is 63.3 Å². The summed E-state index contributed by atoms with van der Waals surface area (Å²) in [5.41, 5.74) is 0.682. The second kappa shape index (κ2) is 17.5. The fourth-order valence-electron chi connectivity index (χ4n) is 6.88. The van der Waals surface area contributed by atoms with E-state index in [-0.39, 0.29) is 41.2 Å². The van der Waals surface area contributed by atoms with Crippen LogP contribution in [0.5, 0.6) is 0 Å². The van der Waals surface area contributed by atoms with E-state index in [2.05, 4.69) is 15.6 Å². The average molecular weight is 868 g/mol. The number of rotatable bonds is 11. The molecule has 316 valence electrons. The van der Waals surface area contributed by atoms with Crippen LogP contribution in [0.4, 0.5) is 11.4 Å². The van der Waals surface area contributed by atoms with Crippen molar-refractivity contribution in [3.63, 3.8) is 0 Å². The Balaban J connectivity index is 0.000000613. The van der Waals surface area contributed by atoms with Crippen LogP contribution in [-0.2, 0) is 20.2 Å². The van der Waals surface area contributed by atoms with Gasteiger partial charge in [-0.1, -0.05) is 18.2 Å². The monoisotopic (exact) mass is 867 g/mol. The quantitative estimate of drug-likeness (QED) is 0.0370. The molecular formula is C37H37N7O14S2. The third kappa shape index (κ3) is 9.90. The van der Waals surface area contributed by atoms with E-state index < -0.39 is 65.8 Å². The van der Waals surface area contributed by atoms with E-state index in [1.807, 2.05) is 0 Å². The summed E-state index contributed by atoms with van der Waals surface area (Å²) in [5, 5.41) is 31.8. The molecule has 4 aromatic carbocycles. The summed E-state index contributed by atoms with van der Waals surface area (Å²) < 4.78 is 51.7. The number of nitrogens with one attached hydrogen (secondary N) is 2. The molecule has 4 N–H and O–H groups in total. The van der Waals surface area contributed by atoms with Crippen LogP contribution in [0.15, 0.2) is 66.9 Å². The van der Waals surface area contributed by atoms with Crippen molar-refractivity contribution in [1.82, 2.24) is 25.4 Å². The minimum absolute atomic E-state index is 0.0640. The molecule has 0 bridgehead atoms. The van der Waals surface area contributed by atoms with Crippen LogP contribution < -0.4 is 10.6 Å². The molecule has 5 aromatic rings. The highest BCUT2D eigenvalue weighted by molar-refractivity contribution is 7.85. The number of carbonyl (C=O) groups is 4. The van der Waals surface area contributed by atoms with Gasteiger partial charge >= 0.3 is 0 Å². The Morgan fingerprint density at radius 1 is 0.650 bits per heavy atom. The van der Waals surface area contributed by atoms with Gasteiger partial charge in [0, 0.05) is 101 Å². The lowest BCUT2D eigenvalue weighted by Gasteiger charge is -2.32. The minimum atomic E-state index is -3.67. The number of aromatic nitrogens is 1. The Bertz CT molecular complexity index is 2810. The lowest BCUT2D eigenvalue weighted by atomic mass is 9.90. The van der Waals surface area contributed by atoms with Gasteiger partial charge in [0.05, 0.1) is 39.0 Å². The molecule has 1 aromatic heterocycles. The van der Waals surface area contributed by atoms with E-state index in [1.165, 1.54) is 24.3 Å². The summed E-state index contributed by atoms with van der Waals surface area (Å²) >= 11 is 0. The molecule has 21 nitrogen and oxygen atoms in total. The minimum Gasteiger partial charge on any atom is -0.313 e. The number of nitro groups is 2. The Hall–Kier alpha value is -6.37. The number of hydrogen-bond donors (Lipinski definition) is 4. The average Bonchev–Trinajstić information content (AvgIpc) is 3.15. The van der Waals surface area contributed by atoms with Crippen LogP contribution >= 0.6 is 0 Å². The number of nitrogens with zero attached hydrogens (tertiary/aromatic N) is 5. The summed E-state index contributed by atoms with van der Waals surface area (Å²) in [4.78, 5) is 83.0. The van der Waals surface area contributed by atoms with Crippen LogP contribution in [0.2, 0.25) is 0 Å². The smallest absolute Gasteiger partial charge is 0.270 e. The van der Waals surface area contributed by atoms with Gasteiger partial charge in [0.2, 0.25) is 0 Å². The first-order valence-corrected chi connectivity index (χ1v) is 21.4. The van der Waals surface area contributed by atoms with Crippen molar-refractivity contribution in [2.24, 2.45) is 0 Å². The van der Waals surface area contributed by atoms with Crippen molar-refractivity contribution in [3.8, 4) is 0 Å². The molecule has 0 fully saturated rings. The maximum Gasteiger partial charge on any atom is 0.270 e. The van der Waals surface area contributed by atoms with E-state index in [0.717, 1.165) is 9.80 Å². The molecule has 0 saturated heterocycles. The molecule has 4 amide bonds. The number of amides is 4. The summed E-state index contributed by atoms with van der Waals surface area (Å²) in [6.45, 7) is 4.67. The van der Waals surface area contributed by atoms with Gasteiger partial charge in [-0.15, -0.1) is 0 Å².